The number of carbonyl (C=O) groups is 1. The van der Waals surface area contributed by atoms with Gasteiger partial charge in [0.25, 0.3) is 5.91 Å². The zero-order chi connectivity index (χ0) is 15.4. The van der Waals surface area contributed by atoms with E-state index in [1.807, 2.05) is 37.3 Å². The lowest BCUT2D eigenvalue weighted by atomic mass is 10.1. The van der Waals surface area contributed by atoms with E-state index in [2.05, 4.69) is 10.2 Å². The molecular formula is C16H18N4O2. The van der Waals surface area contributed by atoms with Crippen LogP contribution in [-0.2, 0) is 11.3 Å². The number of nitrogens with zero attached hydrogens (tertiary/aromatic N) is 4. The van der Waals surface area contributed by atoms with Gasteiger partial charge in [-0.2, -0.15) is 10.2 Å². The Kier molecular flexibility index (Phi) is 4.18. The quantitative estimate of drug-likeness (QED) is 0.847. The van der Waals surface area contributed by atoms with Crippen molar-refractivity contribution in [1.82, 2.24) is 14.8 Å². The molecule has 1 aromatic carbocycles. The number of hydrogen-bond acceptors (Lipinski definition) is 4. The first-order valence-electron chi connectivity index (χ1n) is 7.35. The second kappa shape index (κ2) is 6.43. The fourth-order valence-corrected chi connectivity index (χ4v) is 2.28. The molecule has 0 saturated heterocycles. The standard InChI is InChI=1S/C16H18N4O2/c1-2-19-11-14(10-17-19)22-12-16(21)20-9-8-15(18-20)13-6-4-3-5-7-13/h3-7,10-11H,2,8-9,12H2,1H3. The summed E-state index contributed by atoms with van der Waals surface area (Å²) in [7, 11) is 0. The summed E-state index contributed by atoms with van der Waals surface area (Å²) in [5.41, 5.74) is 2.00. The molecule has 0 bridgehead atoms. The Morgan fingerprint density at radius 1 is 1.32 bits per heavy atom. The van der Waals surface area contributed by atoms with Gasteiger partial charge in [0.1, 0.15) is 0 Å². The highest BCUT2D eigenvalue weighted by Crippen LogP contribution is 2.14. The average Bonchev–Trinajstić information content (AvgIpc) is 3.22. The van der Waals surface area contributed by atoms with Gasteiger partial charge < -0.3 is 4.74 Å². The fraction of sp³-hybridized carbons (Fsp3) is 0.312. The molecule has 0 atom stereocenters. The molecule has 0 fully saturated rings. The van der Waals surface area contributed by atoms with Crippen molar-refractivity contribution < 1.29 is 9.53 Å². The van der Waals surface area contributed by atoms with E-state index in [1.165, 1.54) is 5.01 Å². The molecule has 0 saturated carbocycles. The molecule has 1 aliphatic heterocycles. The Labute approximate surface area is 129 Å². The third kappa shape index (κ3) is 3.16. The zero-order valence-electron chi connectivity index (χ0n) is 12.5. The molecule has 2 aromatic rings. The van der Waals surface area contributed by atoms with E-state index in [9.17, 15) is 4.79 Å². The minimum Gasteiger partial charge on any atom is -0.480 e. The van der Waals surface area contributed by atoms with Gasteiger partial charge in [-0.15, -0.1) is 0 Å². The summed E-state index contributed by atoms with van der Waals surface area (Å²) >= 11 is 0. The Morgan fingerprint density at radius 2 is 2.14 bits per heavy atom. The first kappa shape index (κ1) is 14.3. The summed E-state index contributed by atoms with van der Waals surface area (Å²) < 4.78 is 7.21. The maximum absolute atomic E-state index is 12.1. The van der Waals surface area contributed by atoms with E-state index < -0.39 is 0 Å². The SMILES string of the molecule is CCn1cc(OCC(=O)N2CCC(c3ccccc3)=N2)cn1. The third-order valence-electron chi connectivity index (χ3n) is 3.49. The summed E-state index contributed by atoms with van der Waals surface area (Å²) in [4.78, 5) is 12.1. The topological polar surface area (TPSA) is 59.7 Å². The molecule has 114 valence electrons. The van der Waals surface area contributed by atoms with Gasteiger partial charge in [-0.05, 0) is 12.5 Å². The lowest BCUT2D eigenvalue weighted by Crippen LogP contribution is -2.28. The number of aryl methyl sites for hydroxylation is 1. The van der Waals surface area contributed by atoms with Gasteiger partial charge in [0, 0.05) is 13.0 Å². The van der Waals surface area contributed by atoms with Gasteiger partial charge in [0.05, 0.1) is 24.7 Å². The Morgan fingerprint density at radius 3 is 2.86 bits per heavy atom. The van der Waals surface area contributed by atoms with Crippen LogP contribution in [0.25, 0.3) is 0 Å². The number of rotatable bonds is 5. The first-order valence-corrected chi connectivity index (χ1v) is 7.35. The van der Waals surface area contributed by atoms with E-state index in [-0.39, 0.29) is 12.5 Å². The molecule has 6 nitrogen and oxygen atoms in total. The van der Waals surface area contributed by atoms with Crippen LogP contribution in [0.3, 0.4) is 0 Å². The van der Waals surface area contributed by atoms with Crippen molar-refractivity contribution in [2.45, 2.75) is 19.9 Å². The largest absolute Gasteiger partial charge is 0.480 e. The van der Waals surface area contributed by atoms with Crippen LogP contribution in [0, 0.1) is 0 Å². The predicted molar refractivity (Wildman–Crippen MR) is 82.7 cm³/mol. The van der Waals surface area contributed by atoms with Crippen molar-refractivity contribution in [3.05, 3.63) is 48.3 Å². The highest BCUT2D eigenvalue weighted by molar-refractivity contribution is 6.02. The fourth-order valence-electron chi connectivity index (χ4n) is 2.28. The number of ether oxygens (including phenoxy) is 1. The van der Waals surface area contributed by atoms with E-state index >= 15 is 0 Å². The maximum atomic E-state index is 12.1. The second-order valence-corrected chi connectivity index (χ2v) is 5.00. The summed E-state index contributed by atoms with van der Waals surface area (Å²) in [6.45, 7) is 3.34. The Hall–Kier alpha value is -2.63. The van der Waals surface area contributed by atoms with Gasteiger partial charge in [-0.1, -0.05) is 30.3 Å². The smallest absolute Gasteiger partial charge is 0.280 e. The minimum atomic E-state index is -0.143. The minimum absolute atomic E-state index is 0.0268. The van der Waals surface area contributed by atoms with Crippen LogP contribution >= 0.6 is 0 Å². The number of benzene rings is 1. The van der Waals surface area contributed by atoms with Crippen LogP contribution in [-0.4, -0.2) is 39.6 Å². The summed E-state index contributed by atoms with van der Waals surface area (Å²) in [6.07, 6.45) is 4.15. The lowest BCUT2D eigenvalue weighted by Gasteiger charge is -2.11. The molecule has 0 spiro atoms. The van der Waals surface area contributed by atoms with E-state index in [1.54, 1.807) is 17.1 Å². The molecule has 1 aliphatic rings. The van der Waals surface area contributed by atoms with Crippen LogP contribution < -0.4 is 4.74 Å². The van der Waals surface area contributed by atoms with Crippen molar-refractivity contribution in [3.8, 4) is 5.75 Å². The van der Waals surface area contributed by atoms with Gasteiger partial charge >= 0.3 is 0 Å². The van der Waals surface area contributed by atoms with Crippen molar-refractivity contribution in [3.63, 3.8) is 0 Å². The van der Waals surface area contributed by atoms with E-state index in [4.69, 9.17) is 4.74 Å². The maximum Gasteiger partial charge on any atom is 0.280 e. The number of aromatic nitrogens is 2. The molecule has 6 heteroatoms. The lowest BCUT2D eigenvalue weighted by molar-refractivity contribution is -0.132. The summed E-state index contributed by atoms with van der Waals surface area (Å²) in [6, 6.07) is 9.91. The molecular weight excluding hydrogens is 280 g/mol. The van der Waals surface area contributed by atoms with Crippen molar-refractivity contribution in [2.75, 3.05) is 13.2 Å². The number of carbonyl (C=O) groups excluding carboxylic acids is 1. The highest BCUT2D eigenvalue weighted by Gasteiger charge is 2.21. The summed E-state index contributed by atoms with van der Waals surface area (Å²) in [5, 5.41) is 9.97. The average molecular weight is 298 g/mol. The molecule has 1 amide bonds. The van der Waals surface area contributed by atoms with E-state index in [0.29, 0.717) is 12.3 Å². The Balaban J connectivity index is 1.58. The normalized spacial score (nSPS) is 14.0. The van der Waals surface area contributed by atoms with Crippen LogP contribution in [0.2, 0.25) is 0 Å². The molecule has 0 aliphatic carbocycles. The number of amides is 1. The van der Waals surface area contributed by atoms with E-state index in [0.717, 1.165) is 24.2 Å². The predicted octanol–water partition coefficient (Wildman–Crippen LogP) is 1.92. The molecule has 3 rings (SSSR count). The molecule has 2 heterocycles. The summed E-state index contributed by atoms with van der Waals surface area (Å²) in [5.74, 6) is 0.455. The molecule has 0 radical (unpaired) electrons. The molecule has 0 unspecified atom stereocenters. The second-order valence-electron chi connectivity index (χ2n) is 5.00. The molecule has 1 aromatic heterocycles. The molecule has 22 heavy (non-hydrogen) atoms. The van der Waals surface area contributed by atoms with Crippen LogP contribution in [0.15, 0.2) is 47.8 Å². The third-order valence-corrected chi connectivity index (χ3v) is 3.49. The van der Waals surface area contributed by atoms with Gasteiger partial charge in [-0.3, -0.25) is 9.48 Å². The highest BCUT2D eigenvalue weighted by atomic mass is 16.5. The number of hydrogen-bond donors (Lipinski definition) is 0. The van der Waals surface area contributed by atoms with Gasteiger partial charge in [0.15, 0.2) is 12.4 Å². The zero-order valence-corrected chi connectivity index (χ0v) is 12.5. The number of hydrazone groups is 1. The Bertz CT molecular complexity index is 678. The van der Waals surface area contributed by atoms with Crippen LogP contribution in [0.5, 0.6) is 5.75 Å². The van der Waals surface area contributed by atoms with Crippen LogP contribution in [0.1, 0.15) is 18.9 Å². The van der Waals surface area contributed by atoms with Crippen molar-refractivity contribution >= 4 is 11.6 Å². The van der Waals surface area contributed by atoms with Gasteiger partial charge in [0.2, 0.25) is 0 Å². The van der Waals surface area contributed by atoms with Crippen molar-refractivity contribution in [1.29, 1.82) is 0 Å². The van der Waals surface area contributed by atoms with Crippen LogP contribution in [0.4, 0.5) is 0 Å². The van der Waals surface area contributed by atoms with Crippen molar-refractivity contribution in [2.24, 2.45) is 5.10 Å². The first-order chi connectivity index (χ1) is 10.8. The molecule has 0 N–H and O–H groups in total. The van der Waals surface area contributed by atoms with Gasteiger partial charge in [-0.25, -0.2) is 5.01 Å². The monoisotopic (exact) mass is 298 g/mol.